The van der Waals surface area contributed by atoms with E-state index in [4.69, 9.17) is 4.74 Å². The summed E-state index contributed by atoms with van der Waals surface area (Å²) in [4.78, 5) is 2.30. The Bertz CT molecular complexity index is 166. The summed E-state index contributed by atoms with van der Waals surface area (Å²) in [5, 5.41) is 0.592. The normalized spacial score (nSPS) is 35.8. The number of ether oxygens (including phenoxy) is 1. The van der Waals surface area contributed by atoms with E-state index in [1.165, 1.54) is 0 Å². The Kier molecular flexibility index (Phi) is 3.46. The Balaban J connectivity index is 1.94. The third-order valence-corrected chi connectivity index (χ3v) is 4.12. The summed E-state index contributed by atoms with van der Waals surface area (Å²) in [5.74, 6) is 1.13. The molecular weight excluding hydrogens is 189 g/mol. The van der Waals surface area contributed by atoms with Crippen LogP contribution in [-0.2, 0) is 4.74 Å². The molecule has 2 nitrogen and oxygen atoms in total. The first kappa shape index (κ1) is 9.74. The van der Waals surface area contributed by atoms with Crippen LogP contribution in [0.1, 0.15) is 6.42 Å². The molecule has 2 fully saturated rings. The van der Waals surface area contributed by atoms with Crippen molar-refractivity contribution >= 4 is 11.8 Å². The van der Waals surface area contributed by atoms with Gasteiger partial charge in [-0.15, -0.1) is 0 Å². The van der Waals surface area contributed by atoms with Gasteiger partial charge in [0, 0.05) is 36.7 Å². The minimum Gasteiger partial charge on any atom is -0.380 e. The third kappa shape index (κ3) is 2.17. The number of thioether (sulfide) groups is 1. The third-order valence-electron chi connectivity index (χ3n) is 2.82. The lowest BCUT2D eigenvalue weighted by molar-refractivity contribution is 0.0361. The van der Waals surface area contributed by atoms with E-state index in [0.717, 1.165) is 31.9 Å². The topological polar surface area (TPSA) is 12.5 Å². The van der Waals surface area contributed by atoms with E-state index in [2.05, 4.69) is 4.90 Å². The van der Waals surface area contributed by atoms with Gasteiger partial charge in [-0.1, -0.05) is 0 Å². The highest BCUT2D eigenvalue weighted by Crippen LogP contribution is 2.29. The Morgan fingerprint density at radius 1 is 1.54 bits per heavy atom. The standard InChI is InChI=1S/C9H16FNOS/c10-2-3-11-4-6-13-9-7-12-5-1-8(9)11/h8-9H,1-7H2. The molecule has 2 aliphatic rings. The van der Waals surface area contributed by atoms with E-state index in [0.29, 0.717) is 17.8 Å². The van der Waals surface area contributed by atoms with Crippen molar-refractivity contribution in [2.75, 3.05) is 38.7 Å². The van der Waals surface area contributed by atoms with Crippen molar-refractivity contribution in [3.63, 3.8) is 0 Å². The van der Waals surface area contributed by atoms with E-state index >= 15 is 0 Å². The van der Waals surface area contributed by atoms with Crippen LogP contribution in [0.25, 0.3) is 0 Å². The van der Waals surface area contributed by atoms with Crippen molar-refractivity contribution in [2.24, 2.45) is 0 Å². The van der Waals surface area contributed by atoms with Gasteiger partial charge in [0.1, 0.15) is 6.67 Å². The highest BCUT2D eigenvalue weighted by molar-refractivity contribution is 8.00. The van der Waals surface area contributed by atoms with Gasteiger partial charge in [0.25, 0.3) is 0 Å². The molecule has 13 heavy (non-hydrogen) atoms. The minimum absolute atomic E-state index is 0.214. The average Bonchev–Trinajstić information content (AvgIpc) is 2.19. The Morgan fingerprint density at radius 2 is 2.46 bits per heavy atom. The minimum atomic E-state index is -0.214. The number of halogens is 1. The van der Waals surface area contributed by atoms with Crippen LogP contribution in [0.3, 0.4) is 0 Å². The molecule has 0 bridgehead atoms. The smallest absolute Gasteiger partial charge is 0.102 e. The fourth-order valence-electron chi connectivity index (χ4n) is 2.15. The molecule has 0 N–H and O–H groups in total. The largest absolute Gasteiger partial charge is 0.380 e. The summed E-state index contributed by atoms with van der Waals surface area (Å²) >= 11 is 1.99. The number of hydrogen-bond acceptors (Lipinski definition) is 3. The molecule has 2 heterocycles. The highest BCUT2D eigenvalue weighted by Gasteiger charge is 2.33. The molecule has 0 amide bonds. The first-order chi connectivity index (χ1) is 6.42. The maximum Gasteiger partial charge on any atom is 0.102 e. The van der Waals surface area contributed by atoms with E-state index in [-0.39, 0.29) is 6.67 Å². The summed E-state index contributed by atoms with van der Waals surface area (Å²) < 4.78 is 17.7. The van der Waals surface area contributed by atoms with E-state index in [9.17, 15) is 4.39 Å². The molecule has 0 aromatic rings. The van der Waals surface area contributed by atoms with Crippen molar-refractivity contribution in [1.82, 2.24) is 4.90 Å². The van der Waals surface area contributed by atoms with Crippen molar-refractivity contribution in [3.8, 4) is 0 Å². The molecule has 2 saturated heterocycles. The number of alkyl halides is 1. The van der Waals surface area contributed by atoms with Gasteiger partial charge < -0.3 is 4.74 Å². The fourth-order valence-corrected chi connectivity index (χ4v) is 3.52. The predicted molar refractivity (Wildman–Crippen MR) is 53.0 cm³/mol. The van der Waals surface area contributed by atoms with Crippen LogP contribution in [0, 0.1) is 0 Å². The van der Waals surface area contributed by atoms with Gasteiger partial charge in [-0.25, -0.2) is 4.39 Å². The second-order valence-electron chi connectivity index (χ2n) is 3.57. The van der Waals surface area contributed by atoms with E-state index in [1.807, 2.05) is 11.8 Å². The summed E-state index contributed by atoms with van der Waals surface area (Å²) in [7, 11) is 0. The SMILES string of the molecule is FCCN1CCSC2COCCC21. The molecular formula is C9H16FNOS. The summed E-state index contributed by atoms with van der Waals surface area (Å²) in [6, 6.07) is 0.572. The van der Waals surface area contributed by atoms with E-state index < -0.39 is 0 Å². The van der Waals surface area contributed by atoms with Crippen LogP contribution in [-0.4, -0.2) is 54.9 Å². The van der Waals surface area contributed by atoms with Crippen molar-refractivity contribution in [1.29, 1.82) is 0 Å². The summed E-state index contributed by atoms with van der Waals surface area (Å²) in [6.07, 6.45) is 1.08. The molecule has 2 aliphatic heterocycles. The van der Waals surface area contributed by atoms with Gasteiger partial charge in [0.05, 0.1) is 6.61 Å². The van der Waals surface area contributed by atoms with Gasteiger partial charge in [-0.3, -0.25) is 4.90 Å². The van der Waals surface area contributed by atoms with Gasteiger partial charge in [0.15, 0.2) is 0 Å². The Hall–Kier alpha value is 0.200. The molecule has 2 unspecified atom stereocenters. The lowest BCUT2D eigenvalue weighted by Crippen LogP contribution is -2.52. The lowest BCUT2D eigenvalue weighted by Gasteiger charge is -2.43. The van der Waals surface area contributed by atoms with Crippen molar-refractivity contribution in [2.45, 2.75) is 17.7 Å². The molecule has 0 saturated carbocycles. The first-order valence-corrected chi connectivity index (χ1v) is 5.96. The molecule has 2 rings (SSSR count). The predicted octanol–water partition coefficient (Wildman–Crippen LogP) is 1.16. The molecule has 0 aliphatic carbocycles. The highest BCUT2D eigenvalue weighted by atomic mass is 32.2. The van der Waals surface area contributed by atoms with Crippen LogP contribution in [0.2, 0.25) is 0 Å². The maximum absolute atomic E-state index is 12.3. The molecule has 76 valence electrons. The molecule has 0 aromatic heterocycles. The fraction of sp³-hybridized carbons (Fsp3) is 1.00. The Labute approximate surface area is 82.8 Å². The van der Waals surface area contributed by atoms with Crippen LogP contribution >= 0.6 is 11.8 Å². The van der Waals surface area contributed by atoms with Crippen LogP contribution in [0.4, 0.5) is 4.39 Å². The monoisotopic (exact) mass is 205 g/mol. The lowest BCUT2D eigenvalue weighted by atomic mass is 10.1. The molecule has 0 spiro atoms. The molecule has 4 heteroatoms. The van der Waals surface area contributed by atoms with Crippen LogP contribution in [0.5, 0.6) is 0 Å². The maximum atomic E-state index is 12.3. The number of rotatable bonds is 2. The second kappa shape index (κ2) is 4.62. The van der Waals surface area contributed by atoms with Gasteiger partial charge in [0.2, 0.25) is 0 Å². The van der Waals surface area contributed by atoms with Gasteiger partial charge in [-0.05, 0) is 6.42 Å². The van der Waals surface area contributed by atoms with Crippen molar-refractivity contribution < 1.29 is 9.13 Å². The number of hydrogen-bond donors (Lipinski definition) is 0. The molecule has 0 aromatic carbocycles. The molecule has 0 radical (unpaired) electrons. The van der Waals surface area contributed by atoms with Crippen LogP contribution < -0.4 is 0 Å². The zero-order valence-electron chi connectivity index (χ0n) is 7.75. The van der Waals surface area contributed by atoms with Gasteiger partial charge in [-0.2, -0.15) is 11.8 Å². The number of fused-ring (bicyclic) bond motifs is 1. The van der Waals surface area contributed by atoms with Gasteiger partial charge >= 0.3 is 0 Å². The zero-order valence-corrected chi connectivity index (χ0v) is 8.56. The second-order valence-corrected chi connectivity index (χ2v) is 4.91. The number of nitrogens with zero attached hydrogens (tertiary/aromatic N) is 1. The molecule has 2 atom stereocenters. The van der Waals surface area contributed by atoms with Crippen LogP contribution in [0.15, 0.2) is 0 Å². The first-order valence-electron chi connectivity index (χ1n) is 4.91. The quantitative estimate of drug-likeness (QED) is 0.671. The summed E-state index contributed by atoms with van der Waals surface area (Å²) in [5.41, 5.74) is 0. The zero-order chi connectivity index (χ0) is 9.10. The summed E-state index contributed by atoms with van der Waals surface area (Å²) in [6.45, 7) is 3.16. The Morgan fingerprint density at radius 3 is 3.31 bits per heavy atom. The average molecular weight is 205 g/mol. The van der Waals surface area contributed by atoms with Crippen molar-refractivity contribution in [3.05, 3.63) is 0 Å². The van der Waals surface area contributed by atoms with E-state index in [1.54, 1.807) is 0 Å².